The number of fused-ring (bicyclic) bond motifs is 1. The van der Waals surface area contributed by atoms with Gasteiger partial charge in [0.15, 0.2) is 5.65 Å². The zero-order valence-electron chi connectivity index (χ0n) is 13.8. The van der Waals surface area contributed by atoms with Crippen molar-refractivity contribution in [2.75, 3.05) is 12.4 Å². The monoisotopic (exact) mass is 387 g/mol. The number of rotatable bonds is 4. The number of amides is 1. The Morgan fingerprint density at radius 2 is 2.17 bits per heavy atom. The summed E-state index contributed by atoms with van der Waals surface area (Å²) in [6, 6.07) is 9.28. The number of aromatic nitrogens is 2. The third-order valence-corrected chi connectivity index (χ3v) is 4.35. The van der Waals surface area contributed by atoms with E-state index >= 15 is 0 Å². The molecule has 0 aliphatic heterocycles. The summed E-state index contributed by atoms with van der Waals surface area (Å²) in [7, 11) is 1.60. The first-order chi connectivity index (χ1) is 11.5. The Bertz CT molecular complexity index is 918. The molecular weight excluding hydrogens is 370 g/mol. The maximum absolute atomic E-state index is 12.9. The van der Waals surface area contributed by atoms with E-state index in [0.29, 0.717) is 23.6 Å². The van der Waals surface area contributed by atoms with Crippen LogP contribution in [0.5, 0.6) is 5.75 Å². The van der Waals surface area contributed by atoms with Crippen LogP contribution in [0.1, 0.15) is 28.7 Å². The van der Waals surface area contributed by atoms with E-state index in [1.54, 1.807) is 13.2 Å². The topological polar surface area (TPSA) is 55.6 Å². The fourth-order valence-electron chi connectivity index (χ4n) is 2.66. The third-order valence-electron chi connectivity index (χ3n) is 3.76. The van der Waals surface area contributed by atoms with Crippen molar-refractivity contribution in [2.24, 2.45) is 0 Å². The zero-order chi connectivity index (χ0) is 17.3. The van der Waals surface area contributed by atoms with Gasteiger partial charge in [-0.1, -0.05) is 13.0 Å². The van der Waals surface area contributed by atoms with Gasteiger partial charge in [0.2, 0.25) is 0 Å². The number of hydrogen-bond acceptors (Lipinski definition) is 3. The molecule has 1 N–H and O–H groups in total. The number of ether oxygens (including phenoxy) is 1. The number of aryl methyl sites for hydroxylation is 2. The highest BCUT2D eigenvalue weighted by atomic mass is 79.9. The van der Waals surface area contributed by atoms with Crippen LogP contribution in [0.25, 0.3) is 5.65 Å². The van der Waals surface area contributed by atoms with Crippen LogP contribution >= 0.6 is 15.9 Å². The summed E-state index contributed by atoms with van der Waals surface area (Å²) in [6.45, 7) is 3.98. The van der Waals surface area contributed by atoms with E-state index in [1.807, 2.05) is 48.7 Å². The second kappa shape index (κ2) is 6.65. The lowest BCUT2D eigenvalue weighted by atomic mass is 10.2. The van der Waals surface area contributed by atoms with E-state index in [0.717, 1.165) is 21.4 Å². The summed E-state index contributed by atoms with van der Waals surface area (Å²) in [6.07, 6.45) is 2.60. The number of halogens is 1. The Kier molecular flexibility index (Phi) is 4.57. The average molecular weight is 388 g/mol. The molecule has 3 aromatic rings. The molecule has 0 aliphatic carbocycles. The van der Waals surface area contributed by atoms with Gasteiger partial charge in [-0.15, -0.1) is 0 Å². The largest absolute Gasteiger partial charge is 0.497 e. The first-order valence-electron chi connectivity index (χ1n) is 7.66. The van der Waals surface area contributed by atoms with Crippen molar-refractivity contribution in [1.82, 2.24) is 9.38 Å². The number of pyridine rings is 1. The molecule has 0 saturated heterocycles. The molecule has 0 atom stereocenters. The Hall–Kier alpha value is -2.34. The van der Waals surface area contributed by atoms with Crippen molar-refractivity contribution in [2.45, 2.75) is 20.3 Å². The number of methoxy groups -OCH3 is 1. The van der Waals surface area contributed by atoms with Gasteiger partial charge >= 0.3 is 0 Å². The number of imidazole rings is 1. The molecule has 0 aliphatic rings. The molecule has 24 heavy (non-hydrogen) atoms. The predicted molar refractivity (Wildman–Crippen MR) is 98.0 cm³/mol. The minimum Gasteiger partial charge on any atom is -0.497 e. The van der Waals surface area contributed by atoms with Gasteiger partial charge in [-0.05, 0) is 53.0 Å². The highest BCUT2D eigenvalue weighted by Crippen LogP contribution is 2.24. The number of hydrogen-bond donors (Lipinski definition) is 1. The first-order valence-corrected chi connectivity index (χ1v) is 8.45. The van der Waals surface area contributed by atoms with Crippen LogP contribution in [-0.4, -0.2) is 22.4 Å². The maximum Gasteiger partial charge on any atom is 0.274 e. The van der Waals surface area contributed by atoms with Crippen molar-refractivity contribution in [3.05, 3.63) is 58.0 Å². The van der Waals surface area contributed by atoms with Crippen LogP contribution in [0.4, 0.5) is 5.69 Å². The number of carbonyl (C=O) groups excluding carboxylic acids is 1. The average Bonchev–Trinajstić information content (AvgIpc) is 2.93. The first kappa shape index (κ1) is 16.5. The van der Waals surface area contributed by atoms with E-state index in [4.69, 9.17) is 4.74 Å². The SMILES string of the molecule is CCc1nc2c(Br)cc(C)cn2c1C(=O)Nc1cccc(OC)c1. The zero-order valence-corrected chi connectivity index (χ0v) is 15.3. The van der Waals surface area contributed by atoms with E-state index in [1.165, 1.54) is 0 Å². The molecule has 124 valence electrons. The van der Waals surface area contributed by atoms with Crippen LogP contribution in [0.3, 0.4) is 0 Å². The van der Waals surface area contributed by atoms with Crippen LogP contribution in [0.2, 0.25) is 0 Å². The molecule has 0 saturated carbocycles. The molecule has 1 aromatic carbocycles. The van der Waals surface area contributed by atoms with E-state index in [-0.39, 0.29) is 5.91 Å². The van der Waals surface area contributed by atoms with Gasteiger partial charge in [0, 0.05) is 18.0 Å². The summed E-state index contributed by atoms with van der Waals surface area (Å²) < 4.78 is 7.91. The van der Waals surface area contributed by atoms with Crippen molar-refractivity contribution in [3.8, 4) is 5.75 Å². The van der Waals surface area contributed by atoms with E-state index in [9.17, 15) is 4.79 Å². The van der Waals surface area contributed by atoms with E-state index < -0.39 is 0 Å². The number of benzene rings is 1. The molecule has 0 spiro atoms. The number of nitrogens with zero attached hydrogens (tertiary/aromatic N) is 2. The summed E-state index contributed by atoms with van der Waals surface area (Å²) in [5.74, 6) is 0.505. The number of carbonyl (C=O) groups is 1. The Morgan fingerprint density at radius 3 is 2.88 bits per heavy atom. The van der Waals surface area contributed by atoms with Crippen LogP contribution in [0.15, 0.2) is 41.0 Å². The molecule has 3 rings (SSSR count). The molecule has 5 nitrogen and oxygen atoms in total. The predicted octanol–water partition coefficient (Wildman–Crippen LogP) is 4.23. The lowest BCUT2D eigenvalue weighted by molar-refractivity contribution is 0.102. The smallest absolute Gasteiger partial charge is 0.274 e. The summed E-state index contributed by atoms with van der Waals surface area (Å²) in [5, 5.41) is 2.93. The second-order valence-electron chi connectivity index (χ2n) is 5.51. The molecule has 1 amide bonds. The van der Waals surface area contributed by atoms with Gasteiger partial charge < -0.3 is 10.1 Å². The lowest BCUT2D eigenvalue weighted by Gasteiger charge is -2.09. The van der Waals surface area contributed by atoms with Crippen LogP contribution < -0.4 is 10.1 Å². The molecule has 0 radical (unpaired) electrons. The molecule has 0 fully saturated rings. The molecular formula is C18H18BrN3O2. The highest BCUT2D eigenvalue weighted by Gasteiger charge is 2.20. The highest BCUT2D eigenvalue weighted by molar-refractivity contribution is 9.10. The molecule has 0 bridgehead atoms. The molecule has 6 heteroatoms. The maximum atomic E-state index is 12.9. The molecule has 0 unspecified atom stereocenters. The van der Waals surface area contributed by atoms with Crippen LogP contribution in [0, 0.1) is 6.92 Å². The van der Waals surface area contributed by atoms with Gasteiger partial charge in [-0.25, -0.2) is 4.98 Å². The Balaban J connectivity index is 2.05. The van der Waals surface area contributed by atoms with Gasteiger partial charge in [-0.2, -0.15) is 0 Å². The summed E-state index contributed by atoms with van der Waals surface area (Å²) in [5.41, 5.74) is 3.79. The normalized spacial score (nSPS) is 10.8. The Morgan fingerprint density at radius 1 is 1.38 bits per heavy atom. The number of nitrogens with one attached hydrogen (secondary N) is 1. The minimum absolute atomic E-state index is 0.190. The summed E-state index contributed by atoms with van der Waals surface area (Å²) in [4.78, 5) is 17.5. The quantitative estimate of drug-likeness (QED) is 0.728. The second-order valence-corrected chi connectivity index (χ2v) is 6.36. The minimum atomic E-state index is -0.190. The van der Waals surface area contributed by atoms with Crippen molar-refractivity contribution in [1.29, 1.82) is 0 Å². The van der Waals surface area contributed by atoms with Crippen molar-refractivity contribution < 1.29 is 9.53 Å². The van der Waals surface area contributed by atoms with Crippen LogP contribution in [-0.2, 0) is 6.42 Å². The lowest BCUT2D eigenvalue weighted by Crippen LogP contribution is -2.16. The number of anilines is 1. The summed E-state index contributed by atoms with van der Waals surface area (Å²) >= 11 is 3.53. The molecule has 2 aromatic heterocycles. The van der Waals surface area contributed by atoms with Gasteiger partial charge in [0.05, 0.1) is 17.3 Å². The standard InChI is InChI=1S/C18H18BrN3O2/c1-4-15-16(22-10-11(2)8-14(19)17(22)21-15)18(23)20-12-6-5-7-13(9-12)24-3/h5-10H,4H2,1-3H3,(H,20,23). The molecule has 2 heterocycles. The fourth-order valence-corrected chi connectivity index (χ4v) is 3.30. The van der Waals surface area contributed by atoms with Crippen molar-refractivity contribution in [3.63, 3.8) is 0 Å². The van der Waals surface area contributed by atoms with E-state index in [2.05, 4.69) is 26.2 Å². The van der Waals surface area contributed by atoms with Crippen molar-refractivity contribution >= 4 is 33.2 Å². The fraction of sp³-hybridized carbons (Fsp3) is 0.222. The van der Waals surface area contributed by atoms with Gasteiger partial charge in [0.1, 0.15) is 11.4 Å². The van der Waals surface area contributed by atoms with Gasteiger partial charge in [0.25, 0.3) is 5.91 Å². The Labute approximate surface area is 148 Å². The third kappa shape index (κ3) is 3.01. The van der Waals surface area contributed by atoms with Gasteiger partial charge in [-0.3, -0.25) is 9.20 Å².